The molecule has 1 heteroatoms. The first-order chi connectivity index (χ1) is 7.77. The van der Waals surface area contributed by atoms with Crippen molar-refractivity contribution in [3.8, 4) is 0 Å². The summed E-state index contributed by atoms with van der Waals surface area (Å²) in [6.07, 6.45) is 0.982. The molecule has 0 heterocycles. The highest BCUT2D eigenvalue weighted by atomic mass is 15.1. The van der Waals surface area contributed by atoms with Crippen molar-refractivity contribution < 1.29 is 0 Å². The van der Waals surface area contributed by atoms with Gasteiger partial charge in [-0.05, 0) is 36.0 Å². The minimum absolute atomic E-state index is 0.191. The zero-order chi connectivity index (χ0) is 13.2. The van der Waals surface area contributed by atoms with E-state index in [1.807, 2.05) is 0 Å². The third kappa shape index (κ3) is 3.12. The summed E-state index contributed by atoms with van der Waals surface area (Å²) in [6, 6.07) is 6.72. The van der Waals surface area contributed by atoms with Gasteiger partial charge in [-0.1, -0.05) is 46.4 Å². The number of nitrogens with zero attached hydrogens (tertiary/aromatic N) is 1. The Kier molecular flexibility index (Phi) is 4.03. The molecular weight excluding hydrogens is 206 g/mol. The van der Waals surface area contributed by atoms with Crippen LogP contribution >= 0.6 is 0 Å². The first-order valence-corrected chi connectivity index (χ1v) is 6.30. The molecule has 0 fully saturated rings. The summed E-state index contributed by atoms with van der Waals surface area (Å²) < 4.78 is 0. The van der Waals surface area contributed by atoms with E-state index in [4.69, 9.17) is 0 Å². The van der Waals surface area contributed by atoms with Crippen LogP contribution in [0.5, 0.6) is 0 Å². The molecule has 1 aromatic rings. The van der Waals surface area contributed by atoms with Crippen LogP contribution in [0, 0.1) is 6.92 Å². The van der Waals surface area contributed by atoms with Crippen molar-refractivity contribution in [2.24, 2.45) is 0 Å². The number of allylic oxidation sites excluding steroid dienone is 1. The molecular formula is C16H25N. The average molecular weight is 231 g/mol. The van der Waals surface area contributed by atoms with Crippen molar-refractivity contribution in [3.63, 3.8) is 0 Å². The fourth-order valence-electron chi connectivity index (χ4n) is 1.84. The second-order valence-electron chi connectivity index (χ2n) is 5.73. The Balaban J connectivity index is 3.20. The maximum absolute atomic E-state index is 4.11. The van der Waals surface area contributed by atoms with E-state index in [-0.39, 0.29) is 5.41 Å². The van der Waals surface area contributed by atoms with E-state index >= 15 is 0 Å². The molecule has 0 bridgehead atoms. The molecule has 94 valence electrons. The number of rotatable bonds is 3. The van der Waals surface area contributed by atoms with E-state index in [1.165, 1.54) is 16.8 Å². The Morgan fingerprint density at radius 2 is 1.88 bits per heavy atom. The molecule has 0 saturated heterocycles. The molecule has 1 nitrogen and oxygen atoms in total. The SMILES string of the molecule is C=C(CC)N(C)c1cc(C(C)(C)C)ccc1C. The van der Waals surface area contributed by atoms with Gasteiger partial charge in [-0.15, -0.1) is 0 Å². The molecule has 0 atom stereocenters. The Labute approximate surface area is 106 Å². The number of benzene rings is 1. The van der Waals surface area contributed by atoms with Gasteiger partial charge in [-0.2, -0.15) is 0 Å². The number of hydrogen-bond donors (Lipinski definition) is 0. The fourth-order valence-corrected chi connectivity index (χ4v) is 1.84. The largest absolute Gasteiger partial charge is 0.349 e. The highest BCUT2D eigenvalue weighted by Gasteiger charge is 2.16. The van der Waals surface area contributed by atoms with Gasteiger partial charge >= 0.3 is 0 Å². The molecule has 0 amide bonds. The van der Waals surface area contributed by atoms with E-state index in [1.54, 1.807) is 0 Å². The van der Waals surface area contributed by atoms with E-state index in [2.05, 4.69) is 71.3 Å². The standard InChI is InChI=1S/C16H25N/c1-8-13(3)17(7)15-11-14(16(4,5)6)10-9-12(15)2/h9-11H,3,8H2,1-2,4-7H3. The number of anilines is 1. The van der Waals surface area contributed by atoms with Gasteiger partial charge in [0.1, 0.15) is 0 Å². The summed E-state index contributed by atoms with van der Waals surface area (Å²) in [6.45, 7) is 15.1. The van der Waals surface area contributed by atoms with Gasteiger partial charge in [0.15, 0.2) is 0 Å². The van der Waals surface area contributed by atoms with E-state index in [0.29, 0.717) is 0 Å². The molecule has 0 aliphatic rings. The van der Waals surface area contributed by atoms with Gasteiger partial charge in [0, 0.05) is 18.4 Å². The van der Waals surface area contributed by atoms with E-state index in [9.17, 15) is 0 Å². The normalized spacial score (nSPS) is 11.4. The molecule has 17 heavy (non-hydrogen) atoms. The maximum Gasteiger partial charge on any atom is 0.0438 e. The predicted octanol–water partition coefficient (Wildman–Crippen LogP) is 4.65. The molecule has 1 rings (SSSR count). The van der Waals surface area contributed by atoms with Crippen LogP contribution in [-0.2, 0) is 5.41 Å². The lowest BCUT2D eigenvalue weighted by molar-refractivity contribution is 0.590. The van der Waals surface area contributed by atoms with Gasteiger partial charge in [0.25, 0.3) is 0 Å². The summed E-state index contributed by atoms with van der Waals surface area (Å²) in [7, 11) is 2.10. The molecule has 0 aliphatic heterocycles. The summed E-state index contributed by atoms with van der Waals surface area (Å²) in [5.74, 6) is 0. The van der Waals surface area contributed by atoms with Crippen LogP contribution in [0.2, 0.25) is 0 Å². The van der Waals surface area contributed by atoms with Gasteiger partial charge in [-0.3, -0.25) is 0 Å². The Morgan fingerprint density at radius 1 is 1.29 bits per heavy atom. The van der Waals surface area contributed by atoms with Crippen molar-refractivity contribution in [2.75, 3.05) is 11.9 Å². The van der Waals surface area contributed by atoms with E-state index in [0.717, 1.165) is 12.1 Å². The van der Waals surface area contributed by atoms with Crippen LogP contribution in [0.25, 0.3) is 0 Å². The van der Waals surface area contributed by atoms with Crippen molar-refractivity contribution in [1.82, 2.24) is 0 Å². The van der Waals surface area contributed by atoms with Crippen LogP contribution in [0.3, 0.4) is 0 Å². The molecule has 1 aromatic carbocycles. The molecule has 0 unspecified atom stereocenters. The van der Waals surface area contributed by atoms with Crippen LogP contribution in [-0.4, -0.2) is 7.05 Å². The molecule has 0 aromatic heterocycles. The van der Waals surface area contributed by atoms with Crippen molar-refractivity contribution in [3.05, 3.63) is 41.6 Å². The van der Waals surface area contributed by atoms with Crippen LogP contribution in [0.1, 0.15) is 45.2 Å². The third-order valence-electron chi connectivity index (χ3n) is 3.32. The second kappa shape index (κ2) is 4.95. The van der Waals surface area contributed by atoms with Gasteiger partial charge in [0.2, 0.25) is 0 Å². The minimum atomic E-state index is 0.191. The van der Waals surface area contributed by atoms with Crippen molar-refractivity contribution in [2.45, 2.75) is 46.5 Å². The van der Waals surface area contributed by atoms with Gasteiger partial charge in [0.05, 0.1) is 0 Å². The van der Waals surface area contributed by atoms with Crippen molar-refractivity contribution in [1.29, 1.82) is 0 Å². The summed E-state index contributed by atoms with van der Waals surface area (Å²) >= 11 is 0. The Morgan fingerprint density at radius 3 is 2.35 bits per heavy atom. The summed E-state index contributed by atoms with van der Waals surface area (Å²) in [5, 5.41) is 0. The highest BCUT2D eigenvalue weighted by molar-refractivity contribution is 5.58. The van der Waals surface area contributed by atoms with Crippen LogP contribution in [0.15, 0.2) is 30.5 Å². The Hall–Kier alpha value is -1.24. The molecule has 0 spiro atoms. The zero-order valence-corrected chi connectivity index (χ0v) is 12.1. The summed E-state index contributed by atoms with van der Waals surface area (Å²) in [5.41, 5.74) is 5.28. The average Bonchev–Trinajstić information content (AvgIpc) is 2.26. The monoisotopic (exact) mass is 231 g/mol. The molecule has 0 N–H and O–H groups in total. The zero-order valence-electron chi connectivity index (χ0n) is 12.1. The topological polar surface area (TPSA) is 3.24 Å². The maximum atomic E-state index is 4.11. The fraction of sp³-hybridized carbons (Fsp3) is 0.500. The van der Waals surface area contributed by atoms with Gasteiger partial charge < -0.3 is 4.90 Å². The summed E-state index contributed by atoms with van der Waals surface area (Å²) in [4.78, 5) is 2.20. The van der Waals surface area contributed by atoms with Crippen LogP contribution in [0.4, 0.5) is 5.69 Å². The quantitative estimate of drug-likeness (QED) is 0.731. The first kappa shape index (κ1) is 13.8. The molecule has 0 saturated carbocycles. The lowest BCUT2D eigenvalue weighted by atomic mass is 9.86. The smallest absolute Gasteiger partial charge is 0.0438 e. The van der Waals surface area contributed by atoms with Crippen molar-refractivity contribution >= 4 is 5.69 Å². The third-order valence-corrected chi connectivity index (χ3v) is 3.32. The highest BCUT2D eigenvalue weighted by Crippen LogP contribution is 2.30. The number of aryl methyl sites for hydroxylation is 1. The molecule has 0 aliphatic carbocycles. The number of hydrogen-bond acceptors (Lipinski definition) is 1. The second-order valence-corrected chi connectivity index (χ2v) is 5.73. The lowest BCUT2D eigenvalue weighted by Crippen LogP contribution is -2.18. The van der Waals surface area contributed by atoms with Gasteiger partial charge in [-0.25, -0.2) is 0 Å². The van der Waals surface area contributed by atoms with E-state index < -0.39 is 0 Å². The minimum Gasteiger partial charge on any atom is -0.349 e. The molecule has 0 radical (unpaired) electrons. The first-order valence-electron chi connectivity index (χ1n) is 6.30. The Bertz CT molecular complexity index is 410. The van der Waals surface area contributed by atoms with Crippen LogP contribution < -0.4 is 4.90 Å². The predicted molar refractivity (Wildman–Crippen MR) is 77.7 cm³/mol. The lowest BCUT2D eigenvalue weighted by Gasteiger charge is -2.26.